The summed E-state index contributed by atoms with van der Waals surface area (Å²) in [5.41, 5.74) is 0.181. The summed E-state index contributed by atoms with van der Waals surface area (Å²) in [6.45, 7) is 3.95. The van der Waals surface area contributed by atoms with Crippen LogP contribution in [0.5, 0.6) is 5.75 Å². The molecule has 9 heteroatoms. The van der Waals surface area contributed by atoms with Gasteiger partial charge in [-0.25, -0.2) is 13.1 Å². The highest BCUT2D eigenvalue weighted by atomic mass is 32.2. The van der Waals surface area contributed by atoms with E-state index in [4.69, 9.17) is 9.84 Å². The number of nitrogens with zero attached hydrogens (tertiary/aromatic N) is 1. The number of ether oxygens (including phenoxy) is 1. The Kier molecular flexibility index (Phi) is 6.25. The van der Waals surface area contributed by atoms with Crippen LogP contribution in [0, 0.1) is 5.92 Å². The lowest BCUT2D eigenvalue weighted by atomic mass is 9.97. The van der Waals surface area contributed by atoms with Crippen molar-refractivity contribution in [2.24, 2.45) is 5.92 Å². The molecule has 1 aliphatic rings. The van der Waals surface area contributed by atoms with Gasteiger partial charge in [0, 0.05) is 24.7 Å². The Balaban J connectivity index is 2.34. The molecule has 0 unspecified atom stereocenters. The maximum atomic E-state index is 12.7. The van der Waals surface area contributed by atoms with Crippen molar-refractivity contribution in [3.05, 3.63) is 23.8 Å². The van der Waals surface area contributed by atoms with Crippen molar-refractivity contribution >= 4 is 21.9 Å². The third-order valence-corrected chi connectivity index (χ3v) is 5.83. The molecular formula is C17H24N2O6S. The normalized spacial score (nSPS) is 18.0. The zero-order chi connectivity index (χ0) is 19.5. The standard InChI is InChI=1S/C17H24N2O6S/c1-11(2)18-26(23,24)15-9-12(6-7-14(15)25-3)16(20)19-8-4-5-13(10-19)17(21)22/h6-7,9,11,13,18H,4-5,8,10H2,1-3H3,(H,21,22)/t13-/m0/s1. The molecular weight excluding hydrogens is 360 g/mol. The zero-order valence-corrected chi connectivity index (χ0v) is 15.9. The van der Waals surface area contributed by atoms with E-state index in [0.29, 0.717) is 19.4 Å². The number of hydrogen-bond donors (Lipinski definition) is 2. The number of benzene rings is 1. The third kappa shape index (κ3) is 4.53. The van der Waals surface area contributed by atoms with Gasteiger partial charge in [0.2, 0.25) is 10.0 Å². The van der Waals surface area contributed by atoms with Gasteiger partial charge in [-0.2, -0.15) is 0 Å². The molecule has 1 saturated heterocycles. The molecule has 144 valence electrons. The second-order valence-corrected chi connectivity index (χ2v) is 8.25. The maximum absolute atomic E-state index is 12.7. The van der Waals surface area contributed by atoms with E-state index in [2.05, 4.69) is 4.72 Å². The van der Waals surface area contributed by atoms with Crippen LogP contribution >= 0.6 is 0 Å². The van der Waals surface area contributed by atoms with Crippen LogP contribution in [0.25, 0.3) is 0 Å². The van der Waals surface area contributed by atoms with Gasteiger partial charge in [0.05, 0.1) is 13.0 Å². The Morgan fingerprint density at radius 2 is 2.04 bits per heavy atom. The van der Waals surface area contributed by atoms with Gasteiger partial charge in [-0.1, -0.05) is 0 Å². The lowest BCUT2D eigenvalue weighted by Gasteiger charge is -2.31. The number of carbonyl (C=O) groups is 2. The Hall–Kier alpha value is -2.13. The summed E-state index contributed by atoms with van der Waals surface area (Å²) in [6, 6.07) is 3.87. The molecule has 0 aromatic heterocycles. The first kappa shape index (κ1) is 20.2. The Bertz CT molecular complexity index is 790. The smallest absolute Gasteiger partial charge is 0.308 e. The molecule has 1 aliphatic heterocycles. The molecule has 1 aromatic rings. The number of carboxylic acid groups (broad SMARTS) is 1. The van der Waals surface area contributed by atoms with E-state index in [1.165, 1.54) is 30.2 Å². The molecule has 0 spiro atoms. The van der Waals surface area contributed by atoms with Gasteiger partial charge in [0.1, 0.15) is 10.6 Å². The lowest BCUT2D eigenvalue weighted by Crippen LogP contribution is -2.42. The van der Waals surface area contributed by atoms with E-state index in [9.17, 15) is 18.0 Å². The molecule has 0 saturated carbocycles. The highest BCUT2D eigenvalue weighted by molar-refractivity contribution is 7.89. The number of methoxy groups -OCH3 is 1. The molecule has 1 heterocycles. The number of likely N-dealkylation sites (tertiary alicyclic amines) is 1. The van der Waals surface area contributed by atoms with Crippen molar-refractivity contribution in [1.82, 2.24) is 9.62 Å². The van der Waals surface area contributed by atoms with Gasteiger partial charge in [-0.05, 0) is 44.9 Å². The van der Waals surface area contributed by atoms with Crippen molar-refractivity contribution in [2.45, 2.75) is 37.6 Å². The summed E-state index contributed by atoms with van der Waals surface area (Å²) < 4.78 is 32.6. The average molecular weight is 384 g/mol. The summed E-state index contributed by atoms with van der Waals surface area (Å²) >= 11 is 0. The van der Waals surface area contributed by atoms with E-state index in [1.807, 2.05) is 0 Å². The number of nitrogens with one attached hydrogen (secondary N) is 1. The molecule has 0 radical (unpaired) electrons. The molecule has 2 N–H and O–H groups in total. The van der Waals surface area contributed by atoms with Gasteiger partial charge in [0.25, 0.3) is 5.91 Å². The number of aliphatic carboxylic acids is 1. The number of amides is 1. The Morgan fingerprint density at radius 3 is 2.62 bits per heavy atom. The zero-order valence-electron chi connectivity index (χ0n) is 15.1. The van der Waals surface area contributed by atoms with Gasteiger partial charge < -0.3 is 14.7 Å². The summed E-state index contributed by atoms with van der Waals surface area (Å²) in [4.78, 5) is 25.3. The SMILES string of the molecule is COc1ccc(C(=O)N2CCC[C@H](C(=O)O)C2)cc1S(=O)(=O)NC(C)C. The van der Waals surface area contributed by atoms with Crippen LogP contribution in [0.2, 0.25) is 0 Å². The summed E-state index contributed by atoms with van der Waals surface area (Å²) in [7, 11) is -2.50. The minimum atomic E-state index is -3.85. The van der Waals surface area contributed by atoms with Crippen LogP contribution in [0.4, 0.5) is 0 Å². The van der Waals surface area contributed by atoms with Crippen LogP contribution in [0.3, 0.4) is 0 Å². The number of piperidine rings is 1. The predicted molar refractivity (Wildman–Crippen MR) is 94.7 cm³/mol. The first-order valence-corrected chi connectivity index (χ1v) is 9.86. The van der Waals surface area contributed by atoms with Crippen molar-refractivity contribution in [2.75, 3.05) is 20.2 Å². The molecule has 2 rings (SSSR count). The predicted octanol–water partition coefficient (Wildman–Crippen LogP) is 1.32. The van der Waals surface area contributed by atoms with E-state index in [0.717, 1.165) is 0 Å². The van der Waals surface area contributed by atoms with E-state index < -0.39 is 21.9 Å². The summed E-state index contributed by atoms with van der Waals surface area (Å²) in [5, 5.41) is 9.17. The van der Waals surface area contributed by atoms with Crippen LogP contribution in [0.15, 0.2) is 23.1 Å². The molecule has 1 aromatic carbocycles. The number of hydrogen-bond acceptors (Lipinski definition) is 5. The number of rotatable bonds is 6. The van der Waals surface area contributed by atoms with E-state index in [1.54, 1.807) is 13.8 Å². The number of carboxylic acids is 1. The quantitative estimate of drug-likeness (QED) is 0.765. The fourth-order valence-corrected chi connectivity index (χ4v) is 4.39. The van der Waals surface area contributed by atoms with Crippen molar-refractivity contribution in [3.63, 3.8) is 0 Å². The van der Waals surface area contributed by atoms with E-state index >= 15 is 0 Å². The minimum absolute atomic E-state index is 0.118. The highest BCUT2D eigenvalue weighted by Crippen LogP contribution is 2.27. The Morgan fingerprint density at radius 1 is 1.35 bits per heavy atom. The summed E-state index contributed by atoms with van der Waals surface area (Å²) in [6.07, 6.45) is 1.12. The highest BCUT2D eigenvalue weighted by Gasteiger charge is 2.30. The first-order valence-electron chi connectivity index (χ1n) is 8.38. The van der Waals surface area contributed by atoms with Crippen LogP contribution in [-0.2, 0) is 14.8 Å². The average Bonchev–Trinajstić information content (AvgIpc) is 2.59. The second kappa shape index (κ2) is 8.05. The third-order valence-electron chi connectivity index (χ3n) is 4.15. The van der Waals surface area contributed by atoms with Gasteiger partial charge in [0.15, 0.2) is 0 Å². The molecule has 1 atom stereocenters. The fourth-order valence-electron chi connectivity index (χ4n) is 2.94. The molecule has 0 aliphatic carbocycles. The monoisotopic (exact) mass is 384 g/mol. The van der Waals surface area contributed by atoms with Crippen LogP contribution in [-0.4, -0.2) is 56.5 Å². The lowest BCUT2D eigenvalue weighted by molar-refractivity contribution is -0.143. The summed E-state index contributed by atoms with van der Waals surface area (Å²) in [5.74, 6) is -1.78. The fraction of sp³-hybridized carbons (Fsp3) is 0.529. The molecule has 0 bridgehead atoms. The van der Waals surface area contributed by atoms with Crippen molar-refractivity contribution in [3.8, 4) is 5.75 Å². The largest absolute Gasteiger partial charge is 0.495 e. The topological polar surface area (TPSA) is 113 Å². The van der Waals surface area contributed by atoms with Crippen LogP contribution < -0.4 is 9.46 Å². The molecule has 8 nitrogen and oxygen atoms in total. The van der Waals surface area contributed by atoms with Gasteiger partial charge >= 0.3 is 5.97 Å². The number of sulfonamides is 1. The van der Waals surface area contributed by atoms with E-state index in [-0.39, 0.29) is 34.7 Å². The van der Waals surface area contributed by atoms with Gasteiger partial charge in [-0.3, -0.25) is 9.59 Å². The van der Waals surface area contributed by atoms with Crippen molar-refractivity contribution < 1.29 is 27.9 Å². The Labute approximate surface area is 153 Å². The van der Waals surface area contributed by atoms with Crippen LogP contribution in [0.1, 0.15) is 37.0 Å². The molecule has 1 amide bonds. The second-order valence-electron chi connectivity index (χ2n) is 6.57. The minimum Gasteiger partial charge on any atom is -0.495 e. The van der Waals surface area contributed by atoms with Crippen molar-refractivity contribution in [1.29, 1.82) is 0 Å². The maximum Gasteiger partial charge on any atom is 0.308 e. The molecule has 1 fully saturated rings. The molecule has 26 heavy (non-hydrogen) atoms. The van der Waals surface area contributed by atoms with Gasteiger partial charge in [-0.15, -0.1) is 0 Å². The number of carbonyl (C=O) groups excluding carboxylic acids is 1. The first-order chi connectivity index (χ1) is 12.2.